The third kappa shape index (κ3) is 5.10. The first kappa shape index (κ1) is 21.0. The van der Waals surface area contributed by atoms with Crippen LogP contribution in [0.15, 0.2) is 28.8 Å². The predicted octanol–water partition coefficient (Wildman–Crippen LogP) is 2.16. The minimum atomic E-state index is -0.415. The van der Waals surface area contributed by atoms with E-state index >= 15 is 0 Å². The highest BCUT2D eigenvalue weighted by atomic mass is 16.5. The quantitative estimate of drug-likeness (QED) is 0.760. The van der Waals surface area contributed by atoms with Crippen molar-refractivity contribution in [1.29, 1.82) is 0 Å². The van der Waals surface area contributed by atoms with Gasteiger partial charge in [-0.3, -0.25) is 14.9 Å². The van der Waals surface area contributed by atoms with Crippen LogP contribution in [0.3, 0.4) is 0 Å². The number of piperidine rings is 1. The summed E-state index contributed by atoms with van der Waals surface area (Å²) >= 11 is 0. The van der Waals surface area contributed by atoms with E-state index in [1.54, 1.807) is 0 Å². The molecule has 0 saturated carbocycles. The molecule has 0 bridgehead atoms. The average Bonchev–Trinajstić information content (AvgIpc) is 3.21. The SMILES string of the molecule is Cc1ccccc1-c1noc(CC2CCCN(C(=O)CCN3CCC(=O)NC3=O)C2)n1. The molecule has 2 fully saturated rings. The summed E-state index contributed by atoms with van der Waals surface area (Å²) < 4.78 is 5.48. The lowest BCUT2D eigenvalue weighted by Gasteiger charge is -2.33. The number of urea groups is 1. The topological polar surface area (TPSA) is 109 Å². The van der Waals surface area contributed by atoms with E-state index in [4.69, 9.17) is 4.52 Å². The van der Waals surface area contributed by atoms with Gasteiger partial charge < -0.3 is 14.3 Å². The van der Waals surface area contributed by atoms with E-state index in [-0.39, 0.29) is 30.6 Å². The maximum Gasteiger partial charge on any atom is 0.324 e. The number of benzene rings is 1. The summed E-state index contributed by atoms with van der Waals surface area (Å²) in [5, 5.41) is 6.41. The van der Waals surface area contributed by atoms with Crippen molar-refractivity contribution in [2.24, 2.45) is 5.92 Å². The number of carbonyl (C=O) groups is 3. The molecule has 4 amide bonds. The Hall–Kier alpha value is -3.23. The van der Waals surface area contributed by atoms with Crippen molar-refractivity contribution in [3.63, 3.8) is 0 Å². The standard InChI is InChI=1S/C22H27N5O4/c1-15-5-2-3-7-17(15)21-24-19(31-25-21)13-16-6-4-10-27(14-16)20(29)9-12-26-11-8-18(28)23-22(26)30/h2-3,5,7,16H,4,6,8-14H2,1H3,(H,23,28,30). The zero-order valence-corrected chi connectivity index (χ0v) is 17.7. The fourth-order valence-corrected chi connectivity index (χ4v) is 4.18. The minimum absolute atomic E-state index is 0.0283. The van der Waals surface area contributed by atoms with E-state index in [0.717, 1.165) is 30.5 Å². The summed E-state index contributed by atoms with van der Waals surface area (Å²) in [5.74, 6) is 1.21. The fourth-order valence-electron chi connectivity index (χ4n) is 4.18. The lowest BCUT2D eigenvalue weighted by Crippen LogP contribution is -2.50. The zero-order valence-electron chi connectivity index (χ0n) is 17.7. The van der Waals surface area contributed by atoms with E-state index in [9.17, 15) is 14.4 Å². The molecule has 1 aromatic carbocycles. The van der Waals surface area contributed by atoms with Crippen molar-refractivity contribution in [3.8, 4) is 11.4 Å². The number of aromatic nitrogens is 2. The van der Waals surface area contributed by atoms with Crippen LogP contribution in [0, 0.1) is 12.8 Å². The highest BCUT2D eigenvalue weighted by molar-refractivity contribution is 5.96. The Morgan fingerprint density at radius 2 is 2.10 bits per heavy atom. The largest absolute Gasteiger partial charge is 0.342 e. The van der Waals surface area contributed by atoms with Crippen LogP contribution in [-0.2, 0) is 16.0 Å². The summed E-state index contributed by atoms with van der Waals surface area (Å²) in [6.45, 7) is 4.06. The van der Waals surface area contributed by atoms with Gasteiger partial charge in [-0.2, -0.15) is 4.98 Å². The highest BCUT2D eigenvalue weighted by Gasteiger charge is 2.27. The minimum Gasteiger partial charge on any atom is -0.342 e. The number of carbonyl (C=O) groups excluding carboxylic acids is 3. The van der Waals surface area contributed by atoms with Gasteiger partial charge in [0.25, 0.3) is 0 Å². The second kappa shape index (κ2) is 9.28. The number of aryl methyl sites for hydroxylation is 1. The predicted molar refractivity (Wildman–Crippen MR) is 112 cm³/mol. The van der Waals surface area contributed by atoms with Crippen molar-refractivity contribution < 1.29 is 18.9 Å². The van der Waals surface area contributed by atoms with Gasteiger partial charge in [-0.05, 0) is 31.2 Å². The van der Waals surface area contributed by atoms with Gasteiger partial charge in [0.1, 0.15) is 0 Å². The Labute approximate surface area is 180 Å². The first-order chi connectivity index (χ1) is 15.0. The Morgan fingerprint density at radius 1 is 1.26 bits per heavy atom. The molecule has 9 nitrogen and oxygen atoms in total. The number of likely N-dealkylation sites (tertiary alicyclic amines) is 1. The van der Waals surface area contributed by atoms with Crippen LogP contribution in [0.4, 0.5) is 4.79 Å². The van der Waals surface area contributed by atoms with Crippen LogP contribution in [0.25, 0.3) is 11.4 Å². The first-order valence-corrected chi connectivity index (χ1v) is 10.7. The zero-order chi connectivity index (χ0) is 21.8. The van der Waals surface area contributed by atoms with Crippen LogP contribution < -0.4 is 5.32 Å². The monoisotopic (exact) mass is 425 g/mol. The summed E-state index contributed by atoms with van der Waals surface area (Å²) in [6.07, 6.45) is 3.10. The van der Waals surface area contributed by atoms with Crippen molar-refractivity contribution in [2.45, 2.75) is 39.0 Å². The van der Waals surface area contributed by atoms with Crippen LogP contribution >= 0.6 is 0 Å². The van der Waals surface area contributed by atoms with Crippen LogP contribution in [0.2, 0.25) is 0 Å². The van der Waals surface area contributed by atoms with Gasteiger partial charge in [-0.25, -0.2) is 4.79 Å². The number of hydrogen-bond acceptors (Lipinski definition) is 6. The lowest BCUT2D eigenvalue weighted by molar-refractivity contribution is -0.133. The third-order valence-corrected chi connectivity index (χ3v) is 5.93. The van der Waals surface area contributed by atoms with Crippen molar-refractivity contribution in [1.82, 2.24) is 25.3 Å². The van der Waals surface area contributed by atoms with E-state index in [2.05, 4.69) is 15.5 Å². The molecule has 0 spiro atoms. The molecule has 164 valence electrons. The molecule has 2 aliphatic heterocycles. The van der Waals surface area contributed by atoms with Gasteiger partial charge in [-0.15, -0.1) is 0 Å². The second-order valence-corrected chi connectivity index (χ2v) is 8.22. The Kier molecular flexibility index (Phi) is 6.29. The number of hydrogen-bond donors (Lipinski definition) is 1. The van der Waals surface area contributed by atoms with Crippen molar-refractivity contribution in [3.05, 3.63) is 35.7 Å². The van der Waals surface area contributed by atoms with E-state index in [1.807, 2.05) is 36.1 Å². The summed E-state index contributed by atoms with van der Waals surface area (Å²) in [6, 6.07) is 7.51. The maximum atomic E-state index is 12.7. The molecule has 2 saturated heterocycles. The summed E-state index contributed by atoms with van der Waals surface area (Å²) in [4.78, 5) is 43.7. The molecule has 2 aliphatic rings. The number of amides is 4. The van der Waals surface area contributed by atoms with Gasteiger partial charge in [-0.1, -0.05) is 29.4 Å². The molecule has 4 rings (SSSR count). The normalized spacial score (nSPS) is 19.5. The molecule has 0 radical (unpaired) electrons. The van der Waals surface area contributed by atoms with Gasteiger partial charge in [0.15, 0.2) is 0 Å². The molecule has 31 heavy (non-hydrogen) atoms. The molecule has 0 aliphatic carbocycles. The summed E-state index contributed by atoms with van der Waals surface area (Å²) in [5.41, 5.74) is 2.05. The van der Waals surface area contributed by atoms with Gasteiger partial charge in [0, 0.05) is 51.0 Å². The summed E-state index contributed by atoms with van der Waals surface area (Å²) in [7, 11) is 0. The van der Waals surface area contributed by atoms with Crippen LogP contribution in [0.5, 0.6) is 0 Å². The number of rotatable bonds is 6. The Bertz CT molecular complexity index is 972. The molecule has 9 heteroatoms. The fraction of sp³-hybridized carbons (Fsp3) is 0.500. The first-order valence-electron chi connectivity index (χ1n) is 10.7. The smallest absolute Gasteiger partial charge is 0.324 e. The van der Waals surface area contributed by atoms with Gasteiger partial charge >= 0.3 is 6.03 Å². The Balaban J connectivity index is 1.30. The highest BCUT2D eigenvalue weighted by Crippen LogP contribution is 2.24. The van der Waals surface area contributed by atoms with E-state index in [0.29, 0.717) is 37.8 Å². The van der Waals surface area contributed by atoms with E-state index < -0.39 is 6.03 Å². The van der Waals surface area contributed by atoms with Gasteiger partial charge in [0.05, 0.1) is 0 Å². The van der Waals surface area contributed by atoms with Gasteiger partial charge in [0.2, 0.25) is 23.5 Å². The molecule has 3 heterocycles. The van der Waals surface area contributed by atoms with Crippen LogP contribution in [-0.4, -0.2) is 64.0 Å². The molecular formula is C22H27N5O4. The van der Waals surface area contributed by atoms with E-state index in [1.165, 1.54) is 4.90 Å². The molecule has 1 aromatic heterocycles. The molecule has 1 unspecified atom stereocenters. The molecular weight excluding hydrogens is 398 g/mol. The molecule has 1 N–H and O–H groups in total. The van der Waals surface area contributed by atoms with Crippen molar-refractivity contribution >= 4 is 17.8 Å². The average molecular weight is 425 g/mol. The maximum absolute atomic E-state index is 12.7. The third-order valence-electron chi connectivity index (χ3n) is 5.93. The van der Waals surface area contributed by atoms with Crippen molar-refractivity contribution in [2.75, 3.05) is 26.2 Å². The molecule has 2 aromatic rings. The number of nitrogens with one attached hydrogen (secondary N) is 1. The number of imide groups is 1. The second-order valence-electron chi connectivity index (χ2n) is 8.22. The molecule has 1 atom stereocenters. The van der Waals surface area contributed by atoms with Crippen LogP contribution in [0.1, 0.15) is 37.1 Å². The number of nitrogens with zero attached hydrogens (tertiary/aromatic N) is 4. The Morgan fingerprint density at radius 3 is 2.90 bits per heavy atom. The lowest BCUT2D eigenvalue weighted by atomic mass is 9.94.